The van der Waals surface area contributed by atoms with Gasteiger partial charge in [0.15, 0.2) is 0 Å². The van der Waals surface area contributed by atoms with E-state index in [9.17, 15) is 0 Å². The standard InChI is InChI=1S/C7H13N3/c1-5(2)7(9)6(3)10-4-8/h4H,1,9H2,2-3H3,(H2,8,10)/b7-6+. The van der Waals surface area contributed by atoms with Crippen LogP contribution in [0, 0.1) is 0 Å². The molecule has 56 valence electrons. The summed E-state index contributed by atoms with van der Waals surface area (Å²) < 4.78 is 0. The van der Waals surface area contributed by atoms with Crippen LogP contribution < -0.4 is 11.5 Å². The maximum absolute atomic E-state index is 5.56. The molecule has 0 aromatic heterocycles. The van der Waals surface area contributed by atoms with Crippen LogP contribution in [0.15, 0.2) is 28.5 Å². The summed E-state index contributed by atoms with van der Waals surface area (Å²) in [5.74, 6) is 0. The normalized spacial score (nSPS) is 13.4. The number of allylic oxidation sites excluding steroid dienone is 2. The van der Waals surface area contributed by atoms with Gasteiger partial charge in [0.1, 0.15) is 0 Å². The molecule has 0 aliphatic heterocycles. The molecule has 0 saturated heterocycles. The van der Waals surface area contributed by atoms with Gasteiger partial charge in [0, 0.05) is 0 Å². The lowest BCUT2D eigenvalue weighted by Crippen LogP contribution is -2.01. The summed E-state index contributed by atoms with van der Waals surface area (Å²) in [5, 5.41) is 0. The molecule has 0 aliphatic carbocycles. The van der Waals surface area contributed by atoms with Crippen LogP contribution in [0.25, 0.3) is 0 Å². The smallest absolute Gasteiger partial charge is 0.0857 e. The van der Waals surface area contributed by atoms with Crippen molar-refractivity contribution in [1.82, 2.24) is 0 Å². The van der Waals surface area contributed by atoms with Crippen molar-refractivity contribution in [1.29, 1.82) is 0 Å². The van der Waals surface area contributed by atoms with Gasteiger partial charge in [0.05, 0.1) is 17.7 Å². The average Bonchev–Trinajstić information content (AvgIpc) is 1.87. The van der Waals surface area contributed by atoms with Gasteiger partial charge in [-0.1, -0.05) is 6.58 Å². The number of hydrogen-bond donors (Lipinski definition) is 2. The predicted molar refractivity (Wildman–Crippen MR) is 44.4 cm³/mol. The molecule has 0 saturated carbocycles. The zero-order valence-electron chi connectivity index (χ0n) is 6.39. The Bertz CT molecular complexity index is 189. The quantitative estimate of drug-likeness (QED) is 0.336. The minimum absolute atomic E-state index is 0.599. The highest BCUT2D eigenvalue weighted by Crippen LogP contribution is 2.05. The Morgan fingerprint density at radius 3 is 2.30 bits per heavy atom. The van der Waals surface area contributed by atoms with Crippen LogP contribution in [0.3, 0.4) is 0 Å². The molecule has 10 heavy (non-hydrogen) atoms. The molecule has 0 heterocycles. The number of nitrogens with two attached hydrogens (primary N) is 2. The zero-order chi connectivity index (χ0) is 8.15. The van der Waals surface area contributed by atoms with Gasteiger partial charge in [-0.15, -0.1) is 0 Å². The largest absolute Gasteiger partial charge is 0.397 e. The van der Waals surface area contributed by atoms with Crippen LogP contribution in [0.1, 0.15) is 13.8 Å². The highest BCUT2D eigenvalue weighted by atomic mass is 14.8. The van der Waals surface area contributed by atoms with Gasteiger partial charge in [-0.25, -0.2) is 4.99 Å². The molecular weight excluding hydrogens is 126 g/mol. The molecule has 0 rings (SSSR count). The topological polar surface area (TPSA) is 64.4 Å². The third-order valence-electron chi connectivity index (χ3n) is 1.12. The minimum Gasteiger partial charge on any atom is -0.397 e. The molecule has 0 aromatic carbocycles. The second-order valence-electron chi connectivity index (χ2n) is 2.06. The first-order valence-electron chi connectivity index (χ1n) is 2.96. The molecule has 0 amide bonds. The van der Waals surface area contributed by atoms with Gasteiger partial charge >= 0.3 is 0 Å². The van der Waals surface area contributed by atoms with E-state index in [1.54, 1.807) is 6.92 Å². The van der Waals surface area contributed by atoms with Crippen LogP contribution in [0.2, 0.25) is 0 Å². The van der Waals surface area contributed by atoms with Gasteiger partial charge in [0.25, 0.3) is 0 Å². The zero-order valence-corrected chi connectivity index (χ0v) is 6.39. The van der Waals surface area contributed by atoms with E-state index in [1.165, 1.54) is 6.34 Å². The molecule has 3 heteroatoms. The predicted octanol–water partition coefficient (Wildman–Crippen LogP) is 0.740. The average molecular weight is 139 g/mol. The van der Waals surface area contributed by atoms with Crippen LogP contribution in [-0.4, -0.2) is 6.34 Å². The van der Waals surface area contributed by atoms with Crippen LogP contribution >= 0.6 is 0 Å². The number of nitrogens with zero attached hydrogens (tertiary/aromatic N) is 1. The molecule has 0 aliphatic rings. The first-order chi connectivity index (χ1) is 4.59. The Morgan fingerprint density at radius 2 is 2.00 bits per heavy atom. The SMILES string of the molecule is C=C(C)/C(N)=C(C)\N=C/N. The van der Waals surface area contributed by atoms with Crippen molar-refractivity contribution in [3.8, 4) is 0 Å². The number of aliphatic imine (C=N–C) groups is 1. The Hall–Kier alpha value is -1.25. The van der Waals surface area contributed by atoms with Crippen molar-refractivity contribution < 1.29 is 0 Å². The second kappa shape index (κ2) is 3.71. The van der Waals surface area contributed by atoms with Crippen molar-refractivity contribution in [3.63, 3.8) is 0 Å². The van der Waals surface area contributed by atoms with Crippen LogP contribution in [0.5, 0.6) is 0 Å². The van der Waals surface area contributed by atoms with Crippen molar-refractivity contribution in [2.75, 3.05) is 0 Å². The summed E-state index contributed by atoms with van der Waals surface area (Å²) in [4.78, 5) is 3.79. The van der Waals surface area contributed by atoms with E-state index < -0.39 is 0 Å². The Balaban J connectivity index is 4.50. The minimum atomic E-state index is 0.599. The van der Waals surface area contributed by atoms with Crippen molar-refractivity contribution in [2.24, 2.45) is 16.5 Å². The molecule has 0 radical (unpaired) electrons. The maximum Gasteiger partial charge on any atom is 0.0857 e. The molecule has 4 N–H and O–H groups in total. The third-order valence-corrected chi connectivity index (χ3v) is 1.12. The first kappa shape index (κ1) is 8.75. The van der Waals surface area contributed by atoms with Gasteiger partial charge in [0.2, 0.25) is 0 Å². The molecule has 0 unspecified atom stereocenters. The summed E-state index contributed by atoms with van der Waals surface area (Å²) in [6.07, 6.45) is 1.21. The van der Waals surface area contributed by atoms with E-state index in [2.05, 4.69) is 11.6 Å². The lowest BCUT2D eigenvalue weighted by Gasteiger charge is -2.00. The fourth-order valence-corrected chi connectivity index (χ4v) is 0.490. The van der Waals surface area contributed by atoms with Crippen LogP contribution in [0.4, 0.5) is 0 Å². The highest BCUT2D eigenvalue weighted by molar-refractivity contribution is 5.54. The van der Waals surface area contributed by atoms with E-state index in [0.717, 1.165) is 5.57 Å². The summed E-state index contributed by atoms with van der Waals surface area (Å²) in [6.45, 7) is 7.27. The number of rotatable bonds is 2. The van der Waals surface area contributed by atoms with Crippen molar-refractivity contribution >= 4 is 6.34 Å². The second-order valence-corrected chi connectivity index (χ2v) is 2.06. The van der Waals surface area contributed by atoms with Gasteiger partial charge in [-0.3, -0.25) is 0 Å². The molecular formula is C7H13N3. The molecule has 3 nitrogen and oxygen atoms in total. The van der Waals surface area contributed by atoms with Crippen molar-refractivity contribution in [2.45, 2.75) is 13.8 Å². The fourth-order valence-electron chi connectivity index (χ4n) is 0.490. The lowest BCUT2D eigenvalue weighted by atomic mass is 10.2. The summed E-state index contributed by atoms with van der Waals surface area (Å²) >= 11 is 0. The lowest BCUT2D eigenvalue weighted by molar-refractivity contribution is 1.16. The Labute approximate surface area is 61.1 Å². The van der Waals surface area contributed by atoms with E-state index in [1.807, 2.05) is 6.92 Å². The molecule has 0 bridgehead atoms. The molecule has 0 fully saturated rings. The van der Waals surface area contributed by atoms with E-state index >= 15 is 0 Å². The molecule has 0 spiro atoms. The van der Waals surface area contributed by atoms with E-state index in [-0.39, 0.29) is 0 Å². The van der Waals surface area contributed by atoms with E-state index in [0.29, 0.717) is 11.4 Å². The first-order valence-corrected chi connectivity index (χ1v) is 2.96. The van der Waals surface area contributed by atoms with Gasteiger partial charge in [-0.2, -0.15) is 0 Å². The molecule has 0 aromatic rings. The van der Waals surface area contributed by atoms with Crippen molar-refractivity contribution in [3.05, 3.63) is 23.5 Å². The summed E-state index contributed by atoms with van der Waals surface area (Å²) in [5.41, 5.74) is 12.7. The fraction of sp³-hybridized carbons (Fsp3) is 0.286. The third kappa shape index (κ3) is 2.35. The Morgan fingerprint density at radius 1 is 1.50 bits per heavy atom. The van der Waals surface area contributed by atoms with E-state index in [4.69, 9.17) is 11.5 Å². The summed E-state index contributed by atoms with van der Waals surface area (Å²) in [6, 6.07) is 0. The van der Waals surface area contributed by atoms with Gasteiger partial charge in [-0.05, 0) is 19.4 Å². The van der Waals surface area contributed by atoms with Gasteiger partial charge < -0.3 is 11.5 Å². The summed E-state index contributed by atoms with van der Waals surface area (Å²) in [7, 11) is 0. The molecule has 0 atom stereocenters. The Kier molecular flexibility index (Phi) is 3.25. The highest BCUT2D eigenvalue weighted by Gasteiger charge is 1.94. The monoisotopic (exact) mass is 139 g/mol. The maximum atomic E-state index is 5.56. The van der Waals surface area contributed by atoms with Crippen LogP contribution in [-0.2, 0) is 0 Å². The number of hydrogen-bond acceptors (Lipinski definition) is 2.